The van der Waals surface area contributed by atoms with Crippen LogP contribution in [0.3, 0.4) is 0 Å². The van der Waals surface area contributed by atoms with Crippen molar-refractivity contribution in [2.45, 2.75) is 43.5 Å². The van der Waals surface area contributed by atoms with Crippen molar-refractivity contribution in [3.8, 4) is 0 Å². The maximum absolute atomic E-state index is 12.0. The van der Waals surface area contributed by atoms with Crippen LogP contribution in [0.5, 0.6) is 0 Å². The lowest BCUT2D eigenvalue weighted by Gasteiger charge is -2.17. The molecule has 0 heterocycles. The molecular weight excluding hydrogens is 276 g/mol. The van der Waals surface area contributed by atoms with Gasteiger partial charge in [-0.15, -0.1) is 0 Å². The lowest BCUT2D eigenvalue weighted by molar-refractivity contribution is -0.125. The first-order valence-corrected chi connectivity index (χ1v) is 8.35. The molecule has 1 atom stereocenters. The number of hydrogen-bond donors (Lipinski definition) is 2. The molecule has 3 N–H and O–H groups in total. The molecule has 1 fully saturated rings. The highest BCUT2D eigenvalue weighted by Crippen LogP contribution is 2.25. The van der Waals surface area contributed by atoms with Gasteiger partial charge in [-0.3, -0.25) is 4.79 Å². The predicted octanol–water partition coefficient (Wildman–Crippen LogP) is 1.70. The Morgan fingerprint density at radius 2 is 1.80 bits per heavy atom. The first-order chi connectivity index (χ1) is 9.38. The average molecular weight is 296 g/mol. The second kappa shape index (κ2) is 5.93. The number of benzene rings is 1. The summed E-state index contributed by atoms with van der Waals surface area (Å²) in [5, 5.41) is 8.03. The van der Waals surface area contributed by atoms with Crippen molar-refractivity contribution in [1.29, 1.82) is 0 Å². The summed E-state index contributed by atoms with van der Waals surface area (Å²) in [6.07, 6.45) is 4.16. The van der Waals surface area contributed by atoms with Crippen LogP contribution in [0.15, 0.2) is 29.2 Å². The van der Waals surface area contributed by atoms with Crippen LogP contribution >= 0.6 is 0 Å². The number of hydrogen-bond acceptors (Lipinski definition) is 3. The van der Waals surface area contributed by atoms with Gasteiger partial charge < -0.3 is 5.32 Å². The Labute approximate surface area is 119 Å². The third-order valence-corrected chi connectivity index (χ3v) is 4.72. The zero-order valence-corrected chi connectivity index (χ0v) is 12.3. The van der Waals surface area contributed by atoms with E-state index in [9.17, 15) is 13.2 Å². The number of nitrogens with one attached hydrogen (secondary N) is 1. The number of nitrogens with two attached hydrogens (primary N) is 1. The second-order valence-electron chi connectivity index (χ2n) is 5.33. The standard InChI is InChI=1S/C14H20N2O3S/c1-10(16-14(17)12-4-2-3-5-12)11-6-8-13(9-7-11)20(15,18)19/h6-10,12H,2-5H2,1H3,(H,16,17)(H2,15,18,19)/t10-/m1/s1. The lowest BCUT2D eigenvalue weighted by atomic mass is 10.0. The van der Waals surface area contributed by atoms with E-state index in [-0.39, 0.29) is 22.8 Å². The topological polar surface area (TPSA) is 89.3 Å². The van der Waals surface area contributed by atoms with E-state index < -0.39 is 10.0 Å². The van der Waals surface area contributed by atoms with E-state index >= 15 is 0 Å². The smallest absolute Gasteiger partial charge is 0.238 e. The Balaban J connectivity index is 2.02. The van der Waals surface area contributed by atoms with Crippen LogP contribution in [0, 0.1) is 5.92 Å². The van der Waals surface area contributed by atoms with Gasteiger partial charge in [0, 0.05) is 5.92 Å². The van der Waals surface area contributed by atoms with Crippen LogP contribution in [0.25, 0.3) is 0 Å². The Kier molecular flexibility index (Phi) is 4.45. The van der Waals surface area contributed by atoms with Gasteiger partial charge in [0.15, 0.2) is 0 Å². The SMILES string of the molecule is C[C@@H](NC(=O)C1CCCC1)c1ccc(S(N)(=O)=O)cc1. The highest BCUT2D eigenvalue weighted by Gasteiger charge is 2.23. The van der Waals surface area contributed by atoms with Gasteiger partial charge in [0.2, 0.25) is 15.9 Å². The van der Waals surface area contributed by atoms with Crippen LogP contribution in [-0.4, -0.2) is 14.3 Å². The molecule has 1 aliphatic carbocycles. The molecule has 110 valence electrons. The molecular formula is C14H20N2O3S. The number of rotatable bonds is 4. The first kappa shape index (κ1) is 15.0. The number of carbonyl (C=O) groups is 1. The molecule has 6 heteroatoms. The molecule has 5 nitrogen and oxygen atoms in total. The number of carbonyl (C=O) groups excluding carboxylic acids is 1. The third kappa shape index (κ3) is 3.58. The monoisotopic (exact) mass is 296 g/mol. The zero-order valence-electron chi connectivity index (χ0n) is 11.5. The van der Waals surface area contributed by atoms with Crippen LogP contribution < -0.4 is 10.5 Å². The van der Waals surface area contributed by atoms with Crippen molar-refractivity contribution < 1.29 is 13.2 Å². The van der Waals surface area contributed by atoms with Crippen LogP contribution in [0.2, 0.25) is 0 Å². The van der Waals surface area contributed by atoms with E-state index in [1.54, 1.807) is 12.1 Å². The fraction of sp³-hybridized carbons (Fsp3) is 0.500. The summed E-state index contributed by atoms with van der Waals surface area (Å²) in [4.78, 5) is 12.1. The maximum atomic E-state index is 12.0. The minimum absolute atomic E-state index is 0.0792. The Hall–Kier alpha value is -1.40. The van der Waals surface area contributed by atoms with Gasteiger partial charge in [-0.05, 0) is 37.5 Å². The van der Waals surface area contributed by atoms with Crippen molar-refractivity contribution in [3.05, 3.63) is 29.8 Å². The summed E-state index contributed by atoms with van der Waals surface area (Å²) < 4.78 is 22.3. The normalized spacial score (nSPS) is 17.9. The largest absolute Gasteiger partial charge is 0.349 e. The van der Waals surface area contributed by atoms with Gasteiger partial charge in [0.1, 0.15) is 0 Å². The molecule has 0 unspecified atom stereocenters. The number of primary sulfonamides is 1. The summed E-state index contributed by atoms with van der Waals surface area (Å²) in [7, 11) is -3.67. The molecule has 0 aromatic heterocycles. The Bertz CT molecular complexity index is 575. The fourth-order valence-corrected chi connectivity index (χ4v) is 3.06. The second-order valence-corrected chi connectivity index (χ2v) is 6.89. The van der Waals surface area contributed by atoms with Crippen molar-refractivity contribution in [3.63, 3.8) is 0 Å². The summed E-state index contributed by atoms with van der Waals surface area (Å²) in [6, 6.07) is 6.14. The van der Waals surface area contributed by atoms with E-state index in [1.165, 1.54) is 12.1 Å². The quantitative estimate of drug-likeness (QED) is 0.886. The molecule has 1 saturated carbocycles. The van der Waals surface area contributed by atoms with Crippen LogP contribution in [0.1, 0.15) is 44.2 Å². The van der Waals surface area contributed by atoms with Gasteiger partial charge in [0.05, 0.1) is 10.9 Å². The molecule has 0 spiro atoms. The molecule has 1 aromatic rings. The van der Waals surface area contributed by atoms with Crippen molar-refractivity contribution in [2.75, 3.05) is 0 Å². The van der Waals surface area contributed by atoms with E-state index in [0.29, 0.717) is 0 Å². The minimum Gasteiger partial charge on any atom is -0.349 e. The van der Waals surface area contributed by atoms with E-state index in [0.717, 1.165) is 31.2 Å². The molecule has 2 rings (SSSR count). The van der Waals surface area contributed by atoms with Gasteiger partial charge >= 0.3 is 0 Å². The summed E-state index contributed by atoms with van der Waals surface area (Å²) in [6.45, 7) is 1.89. The number of amides is 1. The Morgan fingerprint density at radius 3 is 2.30 bits per heavy atom. The molecule has 0 saturated heterocycles. The van der Waals surface area contributed by atoms with E-state index in [2.05, 4.69) is 5.32 Å². The van der Waals surface area contributed by atoms with Crippen molar-refractivity contribution in [1.82, 2.24) is 5.32 Å². The average Bonchev–Trinajstić information content (AvgIpc) is 2.91. The zero-order chi connectivity index (χ0) is 14.8. The van der Waals surface area contributed by atoms with Crippen LogP contribution in [-0.2, 0) is 14.8 Å². The number of sulfonamides is 1. The minimum atomic E-state index is -3.67. The molecule has 1 aliphatic rings. The van der Waals surface area contributed by atoms with Gasteiger partial charge in [-0.2, -0.15) is 0 Å². The van der Waals surface area contributed by atoms with Gasteiger partial charge in [-0.1, -0.05) is 25.0 Å². The molecule has 0 radical (unpaired) electrons. The maximum Gasteiger partial charge on any atom is 0.238 e. The third-order valence-electron chi connectivity index (χ3n) is 3.79. The van der Waals surface area contributed by atoms with Crippen molar-refractivity contribution in [2.24, 2.45) is 11.1 Å². The molecule has 1 amide bonds. The molecule has 0 bridgehead atoms. The summed E-state index contributed by atoms with van der Waals surface area (Å²) >= 11 is 0. The summed E-state index contributed by atoms with van der Waals surface area (Å²) in [5.41, 5.74) is 0.865. The summed E-state index contributed by atoms with van der Waals surface area (Å²) in [5.74, 6) is 0.215. The lowest BCUT2D eigenvalue weighted by Crippen LogP contribution is -2.31. The van der Waals surface area contributed by atoms with Crippen LogP contribution in [0.4, 0.5) is 0 Å². The first-order valence-electron chi connectivity index (χ1n) is 6.81. The van der Waals surface area contributed by atoms with E-state index in [4.69, 9.17) is 5.14 Å². The van der Waals surface area contributed by atoms with E-state index in [1.807, 2.05) is 6.92 Å². The predicted molar refractivity (Wildman–Crippen MR) is 76.3 cm³/mol. The highest BCUT2D eigenvalue weighted by molar-refractivity contribution is 7.89. The molecule has 1 aromatic carbocycles. The Morgan fingerprint density at radius 1 is 1.25 bits per heavy atom. The van der Waals surface area contributed by atoms with Crippen molar-refractivity contribution >= 4 is 15.9 Å². The fourth-order valence-electron chi connectivity index (χ4n) is 2.55. The van der Waals surface area contributed by atoms with Gasteiger partial charge in [0.25, 0.3) is 0 Å². The van der Waals surface area contributed by atoms with Gasteiger partial charge in [-0.25, -0.2) is 13.6 Å². The highest BCUT2D eigenvalue weighted by atomic mass is 32.2. The molecule has 20 heavy (non-hydrogen) atoms. The molecule has 0 aliphatic heterocycles.